The molecule has 0 radical (unpaired) electrons. The minimum atomic E-state index is 0. The molecule has 4 nitrogen and oxygen atoms in total. The predicted molar refractivity (Wildman–Crippen MR) is 90.2 cm³/mol. The standard InChI is InChI=1S/C16H36N.HI.3H2O/c1-5-9-13-17(14-10-6-2,15-11-7-3)16-12-8-4;;;;/h5-16H2,1-4H3;1H;3*1H2/q+1;;;;/p-1. The molecule has 6 N–H and O–H groups in total. The van der Waals surface area contributed by atoms with Crippen molar-refractivity contribution in [1.29, 1.82) is 0 Å². The highest BCUT2D eigenvalue weighted by Crippen LogP contribution is 2.16. The first-order valence-electron chi connectivity index (χ1n) is 8.09. The fraction of sp³-hybridized carbons (Fsp3) is 1.00. The van der Waals surface area contributed by atoms with Gasteiger partial charge in [0.25, 0.3) is 0 Å². The summed E-state index contributed by atoms with van der Waals surface area (Å²) in [6, 6.07) is 0. The topological polar surface area (TPSA) is 94.5 Å². The molecule has 0 amide bonds. The van der Waals surface area contributed by atoms with Gasteiger partial charge >= 0.3 is 0 Å². The van der Waals surface area contributed by atoms with E-state index in [1.807, 2.05) is 0 Å². The van der Waals surface area contributed by atoms with Crippen LogP contribution in [0.1, 0.15) is 79.1 Å². The van der Waals surface area contributed by atoms with E-state index < -0.39 is 0 Å². The van der Waals surface area contributed by atoms with Gasteiger partial charge in [0.2, 0.25) is 0 Å². The number of hydrogen-bond acceptors (Lipinski definition) is 0. The molecule has 0 unspecified atom stereocenters. The van der Waals surface area contributed by atoms with Gasteiger partial charge in [-0.25, -0.2) is 0 Å². The van der Waals surface area contributed by atoms with Gasteiger partial charge in [0.1, 0.15) is 0 Å². The fourth-order valence-electron chi connectivity index (χ4n) is 2.64. The summed E-state index contributed by atoms with van der Waals surface area (Å²) < 4.78 is 1.42. The molecular weight excluding hydrogens is 381 g/mol. The Morgan fingerprint density at radius 1 is 0.476 bits per heavy atom. The lowest BCUT2D eigenvalue weighted by Crippen LogP contribution is -3.00. The Balaban J connectivity index is -0.000000213. The van der Waals surface area contributed by atoms with Crippen LogP contribution in [-0.2, 0) is 0 Å². The second-order valence-electron chi connectivity index (χ2n) is 5.65. The lowest BCUT2D eigenvalue weighted by Gasteiger charge is -2.39. The predicted octanol–water partition coefficient (Wildman–Crippen LogP) is -0.466. The van der Waals surface area contributed by atoms with E-state index in [9.17, 15) is 0 Å². The highest BCUT2D eigenvalue weighted by atomic mass is 127. The van der Waals surface area contributed by atoms with E-state index in [1.54, 1.807) is 0 Å². The third kappa shape index (κ3) is 16.8. The third-order valence-corrected chi connectivity index (χ3v) is 3.94. The van der Waals surface area contributed by atoms with E-state index in [1.165, 1.54) is 82.0 Å². The van der Waals surface area contributed by atoms with Crippen molar-refractivity contribution in [2.75, 3.05) is 26.2 Å². The Morgan fingerprint density at radius 2 is 0.667 bits per heavy atom. The van der Waals surface area contributed by atoms with Crippen LogP contribution in [0.5, 0.6) is 0 Å². The van der Waals surface area contributed by atoms with Crippen LogP contribution in [-0.4, -0.2) is 47.1 Å². The Hall–Kier alpha value is 0.570. The normalized spacial score (nSPS) is 9.71. The van der Waals surface area contributed by atoms with Crippen molar-refractivity contribution >= 4 is 0 Å². The van der Waals surface area contributed by atoms with Crippen molar-refractivity contribution in [3.8, 4) is 0 Å². The number of rotatable bonds is 12. The summed E-state index contributed by atoms with van der Waals surface area (Å²) in [7, 11) is 0. The lowest BCUT2D eigenvalue weighted by atomic mass is 10.1. The molecule has 0 aromatic rings. The van der Waals surface area contributed by atoms with Gasteiger partial charge in [-0.2, -0.15) is 0 Å². The maximum Gasteiger partial charge on any atom is 0.0786 e. The Bertz CT molecular complexity index is 134. The number of unbranched alkanes of at least 4 members (excludes halogenated alkanes) is 4. The molecule has 0 atom stereocenters. The minimum absolute atomic E-state index is 0. The van der Waals surface area contributed by atoms with Gasteiger partial charge in [0.05, 0.1) is 26.2 Å². The van der Waals surface area contributed by atoms with Crippen molar-refractivity contribution < 1.29 is 44.9 Å². The Morgan fingerprint density at radius 3 is 0.810 bits per heavy atom. The molecule has 136 valence electrons. The molecule has 5 heteroatoms. The first-order chi connectivity index (χ1) is 8.24. The molecule has 0 rings (SSSR count). The number of hydrogen-bond donors (Lipinski definition) is 0. The highest BCUT2D eigenvalue weighted by molar-refractivity contribution is 4.49. The molecule has 0 aliphatic carbocycles. The zero-order valence-corrected chi connectivity index (χ0v) is 17.0. The highest BCUT2D eigenvalue weighted by Gasteiger charge is 2.24. The van der Waals surface area contributed by atoms with Crippen molar-refractivity contribution in [2.45, 2.75) is 79.1 Å². The van der Waals surface area contributed by atoms with E-state index in [0.717, 1.165) is 0 Å². The van der Waals surface area contributed by atoms with Crippen molar-refractivity contribution in [1.82, 2.24) is 0 Å². The molecule has 0 aromatic carbocycles. The molecule has 0 saturated heterocycles. The smallest absolute Gasteiger partial charge is 0.0786 e. The summed E-state index contributed by atoms with van der Waals surface area (Å²) in [6.07, 6.45) is 11.1. The zero-order valence-electron chi connectivity index (χ0n) is 14.8. The Kier molecular flexibility index (Phi) is 36.2. The average Bonchev–Trinajstić information content (AvgIpc) is 2.37. The van der Waals surface area contributed by atoms with Gasteiger partial charge < -0.3 is 44.9 Å². The van der Waals surface area contributed by atoms with Crippen LogP contribution >= 0.6 is 0 Å². The third-order valence-electron chi connectivity index (χ3n) is 3.94. The van der Waals surface area contributed by atoms with Gasteiger partial charge in [-0.1, -0.05) is 53.4 Å². The molecule has 0 bridgehead atoms. The van der Waals surface area contributed by atoms with Crippen molar-refractivity contribution in [3.63, 3.8) is 0 Å². The quantitative estimate of drug-likeness (QED) is 0.300. The van der Waals surface area contributed by atoms with E-state index in [2.05, 4.69) is 27.7 Å². The first kappa shape index (κ1) is 33.2. The van der Waals surface area contributed by atoms with Crippen LogP contribution in [0.2, 0.25) is 0 Å². The maximum absolute atomic E-state index is 2.33. The van der Waals surface area contributed by atoms with Crippen LogP contribution in [0.25, 0.3) is 0 Å². The Labute approximate surface area is 150 Å². The number of halogens is 1. The van der Waals surface area contributed by atoms with Gasteiger partial charge in [0, 0.05) is 0 Å². The molecule has 0 aromatic heterocycles. The monoisotopic (exact) mass is 423 g/mol. The molecular formula is C16H42INO3. The molecule has 0 spiro atoms. The van der Waals surface area contributed by atoms with Gasteiger partial charge in [-0.3, -0.25) is 0 Å². The summed E-state index contributed by atoms with van der Waals surface area (Å²) in [5, 5.41) is 0. The van der Waals surface area contributed by atoms with Crippen molar-refractivity contribution in [3.05, 3.63) is 0 Å². The van der Waals surface area contributed by atoms with Gasteiger partial charge in [0.15, 0.2) is 0 Å². The van der Waals surface area contributed by atoms with E-state index in [-0.39, 0.29) is 40.4 Å². The molecule has 0 saturated carbocycles. The summed E-state index contributed by atoms with van der Waals surface area (Å²) in [6.45, 7) is 15.0. The molecule has 21 heavy (non-hydrogen) atoms. The molecule has 0 heterocycles. The number of nitrogens with zero attached hydrogens (tertiary/aromatic N) is 1. The van der Waals surface area contributed by atoms with E-state index in [0.29, 0.717) is 0 Å². The maximum atomic E-state index is 2.33. The molecule has 0 aliphatic heterocycles. The largest absolute Gasteiger partial charge is 1.00 e. The van der Waals surface area contributed by atoms with Gasteiger partial charge in [-0.15, -0.1) is 0 Å². The molecule has 0 aliphatic rings. The summed E-state index contributed by atoms with van der Waals surface area (Å²) in [5.41, 5.74) is 0. The van der Waals surface area contributed by atoms with E-state index in [4.69, 9.17) is 0 Å². The van der Waals surface area contributed by atoms with Crippen LogP contribution in [0, 0.1) is 0 Å². The SMILES string of the molecule is CCCC[N+](CCCC)(CCCC)CCCC.O.O.O.[I-]. The summed E-state index contributed by atoms with van der Waals surface area (Å²) >= 11 is 0. The molecule has 0 fully saturated rings. The van der Waals surface area contributed by atoms with Crippen LogP contribution in [0.15, 0.2) is 0 Å². The number of quaternary nitrogens is 1. The van der Waals surface area contributed by atoms with E-state index >= 15 is 0 Å². The zero-order chi connectivity index (χ0) is 13.0. The summed E-state index contributed by atoms with van der Waals surface area (Å²) in [5.74, 6) is 0. The average molecular weight is 423 g/mol. The van der Waals surface area contributed by atoms with Crippen LogP contribution in [0.4, 0.5) is 0 Å². The second-order valence-corrected chi connectivity index (χ2v) is 5.65. The minimum Gasteiger partial charge on any atom is -1.00 e. The first-order valence-corrected chi connectivity index (χ1v) is 8.09. The van der Waals surface area contributed by atoms with Crippen LogP contribution in [0.3, 0.4) is 0 Å². The fourth-order valence-corrected chi connectivity index (χ4v) is 2.64. The lowest BCUT2D eigenvalue weighted by molar-refractivity contribution is -0.929. The van der Waals surface area contributed by atoms with Crippen molar-refractivity contribution in [2.24, 2.45) is 0 Å². The second kappa shape index (κ2) is 22.8. The van der Waals surface area contributed by atoms with Gasteiger partial charge in [-0.05, 0) is 25.7 Å². The summed E-state index contributed by atoms with van der Waals surface area (Å²) in [4.78, 5) is 0. The van der Waals surface area contributed by atoms with Crippen LogP contribution < -0.4 is 24.0 Å².